The molecule has 1 aliphatic heterocycles. The first-order valence-corrected chi connectivity index (χ1v) is 9.92. The van der Waals surface area contributed by atoms with Gasteiger partial charge in [-0.25, -0.2) is 4.79 Å². The standard InChI is InChI=1S/C20H19N3O4S/c1-26-20(25)14-5-2-7-15-13(14)6-3-11-23(15)18(24)10-9-17-21-19(22-27-17)16-8-4-12-28-16/h2,4-5,7-8,12H,3,6,9-11H2,1H3. The number of aromatic nitrogens is 2. The summed E-state index contributed by atoms with van der Waals surface area (Å²) in [5, 5.41) is 5.92. The van der Waals surface area contributed by atoms with E-state index in [4.69, 9.17) is 9.26 Å². The number of ether oxygens (including phenoxy) is 1. The second kappa shape index (κ2) is 7.93. The molecule has 144 valence electrons. The zero-order valence-electron chi connectivity index (χ0n) is 15.4. The van der Waals surface area contributed by atoms with Crippen LogP contribution in [0.3, 0.4) is 0 Å². The predicted octanol–water partition coefficient (Wildman–Crippen LogP) is 3.50. The van der Waals surface area contributed by atoms with E-state index in [1.165, 1.54) is 18.4 Å². The Balaban J connectivity index is 1.47. The summed E-state index contributed by atoms with van der Waals surface area (Å²) in [7, 11) is 1.36. The maximum absolute atomic E-state index is 12.8. The number of esters is 1. The van der Waals surface area contributed by atoms with E-state index in [0.29, 0.717) is 30.2 Å². The molecule has 4 rings (SSSR count). The summed E-state index contributed by atoms with van der Waals surface area (Å²) in [4.78, 5) is 31.9. The number of nitrogens with zero attached hydrogens (tertiary/aromatic N) is 3. The molecule has 7 nitrogen and oxygen atoms in total. The molecule has 0 bridgehead atoms. The number of hydrogen-bond acceptors (Lipinski definition) is 7. The first-order chi connectivity index (χ1) is 13.7. The molecule has 8 heteroatoms. The number of amides is 1. The van der Waals surface area contributed by atoms with E-state index in [9.17, 15) is 9.59 Å². The van der Waals surface area contributed by atoms with Crippen molar-refractivity contribution in [1.82, 2.24) is 10.1 Å². The monoisotopic (exact) mass is 397 g/mol. The topological polar surface area (TPSA) is 85.5 Å². The summed E-state index contributed by atoms with van der Waals surface area (Å²) < 4.78 is 10.1. The number of thiophene rings is 1. The summed E-state index contributed by atoms with van der Waals surface area (Å²) in [5.41, 5.74) is 2.17. The van der Waals surface area contributed by atoms with Crippen LogP contribution in [0.1, 0.15) is 34.7 Å². The van der Waals surface area contributed by atoms with Crippen molar-refractivity contribution in [3.05, 3.63) is 52.7 Å². The molecule has 0 saturated heterocycles. The van der Waals surface area contributed by atoms with Gasteiger partial charge in [-0.15, -0.1) is 11.3 Å². The highest BCUT2D eigenvalue weighted by Gasteiger charge is 2.26. The molecule has 0 radical (unpaired) electrons. The zero-order chi connectivity index (χ0) is 19.5. The number of aryl methyl sites for hydroxylation is 1. The van der Waals surface area contributed by atoms with E-state index in [0.717, 1.165) is 29.0 Å². The van der Waals surface area contributed by atoms with Gasteiger partial charge in [-0.05, 0) is 42.0 Å². The van der Waals surface area contributed by atoms with Crippen molar-refractivity contribution in [3.63, 3.8) is 0 Å². The van der Waals surface area contributed by atoms with Gasteiger partial charge in [0.2, 0.25) is 17.6 Å². The molecule has 3 heterocycles. The van der Waals surface area contributed by atoms with Crippen molar-refractivity contribution >= 4 is 28.9 Å². The Morgan fingerprint density at radius 1 is 1.29 bits per heavy atom. The largest absolute Gasteiger partial charge is 0.465 e. The minimum Gasteiger partial charge on any atom is -0.465 e. The Hall–Kier alpha value is -3.00. The molecule has 1 aromatic carbocycles. The van der Waals surface area contributed by atoms with Crippen LogP contribution in [0.2, 0.25) is 0 Å². The second-order valence-electron chi connectivity index (χ2n) is 6.43. The number of methoxy groups -OCH3 is 1. The third-order valence-electron chi connectivity index (χ3n) is 4.72. The minimum absolute atomic E-state index is 0.0289. The van der Waals surface area contributed by atoms with Gasteiger partial charge in [-0.3, -0.25) is 4.79 Å². The highest BCUT2D eigenvalue weighted by molar-refractivity contribution is 7.13. The summed E-state index contributed by atoms with van der Waals surface area (Å²) in [6.07, 6.45) is 2.18. The molecule has 0 saturated carbocycles. The van der Waals surface area contributed by atoms with Gasteiger partial charge in [-0.1, -0.05) is 17.3 Å². The quantitative estimate of drug-likeness (QED) is 0.613. The zero-order valence-corrected chi connectivity index (χ0v) is 16.2. The lowest BCUT2D eigenvalue weighted by atomic mass is 9.96. The van der Waals surface area contributed by atoms with Gasteiger partial charge in [-0.2, -0.15) is 4.98 Å². The molecule has 0 spiro atoms. The molecular formula is C20H19N3O4S. The highest BCUT2D eigenvalue weighted by Crippen LogP contribution is 2.31. The van der Waals surface area contributed by atoms with Gasteiger partial charge in [0.05, 0.1) is 17.6 Å². The van der Waals surface area contributed by atoms with E-state index in [1.807, 2.05) is 23.6 Å². The first kappa shape index (κ1) is 18.4. The number of carbonyl (C=O) groups excluding carboxylic acids is 2. The van der Waals surface area contributed by atoms with Crippen molar-refractivity contribution in [2.45, 2.75) is 25.7 Å². The molecule has 0 unspecified atom stereocenters. The summed E-state index contributed by atoms with van der Waals surface area (Å²) >= 11 is 1.54. The Labute approximate surface area is 165 Å². The number of carbonyl (C=O) groups is 2. The van der Waals surface area contributed by atoms with Gasteiger partial charge >= 0.3 is 5.97 Å². The second-order valence-corrected chi connectivity index (χ2v) is 7.38. The predicted molar refractivity (Wildman–Crippen MR) is 104 cm³/mol. The van der Waals surface area contributed by atoms with Crippen LogP contribution in [0, 0.1) is 0 Å². The third kappa shape index (κ3) is 3.55. The molecule has 1 amide bonds. The number of benzene rings is 1. The van der Waals surface area contributed by atoms with Gasteiger partial charge in [0.1, 0.15) is 0 Å². The number of rotatable bonds is 5. The van der Waals surface area contributed by atoms with E-state index in [1.54, 1.807) is 17.0 Å². The Morgan fingerprint density at radius 3 is 2.96 bits per heavy atom. The van der Waals surface area contributed by atoms with Gasteiger partial charge in [0, 0.05) is 25.1 Å². The lowest BCUT2D eigenvalue weighted by molar-refractivity contribution is -0.118. The van der Waals surface area contributed by atoms with E-state index in [2.05, 4.69) is 10.1 Å². The highest BCUT2D eigenvalue weighted by atomic mass is 32.1. The normalized spacial score (nSPS) is 13.2. The summed E-state index contributed by atoms with van der Waals surface area (Å²) in [6.45, 7) is 0.626. The molecule has 2 aromatic heterocycles. The van der Waals surface area contributed by atoms with Gasteiger partial charge < -0.3 is 14.2 Å². The van der Waals surface area contributed by atoms with Crippen molar-refractivity contribution in [1.29, 1.82) is 0 Å². The third-order valence-corrected chi connectivity index (χ3v) is 5.59. The minimum atomic E-state index is -0.377. The molecule has 1 aliphatic rings. The van der Waals surface area contributed by atoms with E-state index >= 15 is 0 Å². The molecular weight excluding hydrogens is 378 g/mol. The Kier molecular flexibility index (Phi) is 5.21. The van der Waals surface area contributed by atoms with Crippen molar-refractivity contribution in [2.24, 2.45) is 0 Å². The summed E-state index contributed by atoms with van der Waals surface area (Å²) in [5.74, 6) is 0.581. The maximum atomic E-state index is 12.8. The fourth-order valence-electron chi connectivity index (χ4n) is 3.40. The van der Waals surface area contributed by atoms with Crippen LogP contribution in [-0.2, 0) is 22.4 Å². The van der Waals surface area contributed by atoms with Crippen molar-refractivity contribution in [2.75, 3.05) is 18.6 Å². The first-order valence-electron chi connectivity index (χ1n) is 9.04. The molecule has 3 aromatic rings. The fourth-order valence-corrected chi connectivity index (χ4v) is 4.05. The fraction of sp³-hybridized carbons (Fsp3) is 0.300. The molecule has 0 N–H and O–H groups in total. The van der Waals surface area contributed by atoms with Crippen LogP contribution in [-0.4, -0.2) is 35.7 Å². The van der Waals surface area contributed by atoms with Gasteiger partial charge in [0.15, 0.2) is 0 Å². The Bertz CT molecular complexity index is 997. The van der Waals surface area contributed by atoms with Crippen LogP contribution in [0.15, 0.2) is 40.2 Å². The molecule has 28 heavy (non-hydrogen) atoms. The molecule has 0 atom stereocenters. The summed E-state index contributed by atoms with van der Waals surface area (Å²) in [6, 6.07) is 9.25. The van der Waals surface area contributed by atoms with Crippen LogP contribution < -0.4 is 4.90 Å². The molecule has 0 aliphatic carbocycles. The average Bonchev–Trinajstić information content (AvgIpc) is 3.42. The van der Waals surface area contributed by atoms with Crippen LogP contribution >= 0.6 is 11.3 Å². The van der Waals surface area contributed by atoms with Crippen LogP contribution in [0.25, 0.3) is 10.7 Å². The average molecular weight is 397 g/mol. The smallest absolute Gasteiger partial charge is 0.338 e. The molecule has 0 fully saturated rings. The number of fused-ring (bicyclic) bond motifs is 1. The Morgan fingerprint density at radius 2 is 2.18 bits per heavy atom. The van der Waals surface area contributed by atoms with Crippen LogP contribution in [0.4, 0.5) is 5.69 Å². The van der Waals surface area contributed by atoms with E-state index in [-0.39, 0.29) is 18.3 Å². The number of hydrogen-bond donors (Lipinski definition) is 0. The van der Waals surface area contributed by atoms with Gasteiger partial charge in [0.25, 0.3) is 0 Å². The van der Waals surface area contributed by atoms with Crippen LogP contribution in [0.5, 0.6) is 0 Å². The number of anilines is 1. The van der Waals surface area contributed by atoms with E-state index < -0.39 is 0 Å². The lowest BCUT2D eigenvalue weighted by Crippen LogP contribution is -2.36. The maximum Gasteiger partial charge on any atom is 0.338 e. The lowest BCUT2D eigenvalue weighted by Gasteiger charge is -2.30. The van der Waals surface area contributed by atoms with Crippen molar-refractivity contribution < 1.29 is 18.8 Å². The SMILES string of the molecule is COC(=O)c1cccc2c1CCCN2C(=O)CCc1nc(-c2cccs2)no1. The van der Waals surface area contributed by atoms with Crippen molar-refractivity contribution in [3.8, 4) is 10.7 Å².